The Morgan fingerprint density at radius 3 is 2.10 bits per heavy atom. The molecule has 29 heavy (non-hydrogen) atoms. The van der Waals surface area contributed by atoms with Crippen LogP contribution >= 0.6 is 15.9 Å². The average Bonchev–Trinajstić information content (AvgIpc) is 2.66. The number of hydrogen-bond acceptors (Lipinski definition) is 6. The lowest BCUT2D eigenvalue weighted by Gasteiger charge is -2.34. The Labute approximate surface area is 179 Å². The highest BCUT2D eigenvalue weighted by molar-refractivity contribution is 9.10. The quantitative estimate of drug-likeness (QED) is 0.719. The monoisotopic (exact) mass is 481 g/mol. The zero-order valence-corrected chi connectivity index (χ0v) is 19.0. The third kappa shape index (κ3) is 5.52. The first-order valence-corrected chi connectivity index (χ1v) is 11.5. The number of halogens is 1. The van der Waals surface area contributed by atoms with Gasteiger partial charge in [0.15, 0.2) is 0 Å². The summed E-state index contributed by atoms with van der Waals surface area (Å²) >= 11 is 3.32. The third-order valence-corrected chi connectivity index (χ3v) is 6.49. The molecule has 1 amide bonds. The van der Waals surface area contributed by atoms with E-state index < -0.39 is 15.6 Å². The van der Waals surface area contributed by atoms with E-state index in [0.29, 0.717) is 37.7 Å². The normalized spacial score (nSPS) is 15.4. The Hall–Kier alpha value is -2.04. The maximum atomic E-state index is 12.8. The second kappa shape index (κ2) is 8.37. The summed E-state index contributed by atoms with van der Waals surface area (Å²) in [5.41, 5.74) is -0.112. The second-order valence-corrected chi connectivity index (χ2v) is 10.5. The molecule has 0 radical (unpaired) electrons. The minimum atomic E-state index is -3.63. The standard InChI is InChI=1S/C19H24BrN5O3S/c1-19(2,3)23-29(27,28)16-6-4-14(5-7-16)17(26)24-8-10-25(11-9-24)18-21-12-15(20)13-22-18/h4-7,12-13,23H,8-11H2,1-3H3. The van der Waals surface area contributed by atoms with Crippen LogP contribution in [-0.4, -0.2) is 60.9 Å². The molecule has 0 unspecified atom stereocenters. The van der Waals surface area contributed by atoms with E-state index in [1.54, 1.807) is 50.2 Å². The van der Waals surface area contributed by atoms with E-state index in [2.05, 4.69) is 30.6 Å². The average molecular weight is 482 g/mol. The number of piperazine rings is 1. The Morgan fingerprint density at radius 2 is 1.59 bits per heavy atom. The van der Waals surface area contributed by atoms with Crippen molar-refractivity contribution in [3.63, 3.8) is 0 Å². The molecular weight excluding hydrogens is 458 g/mol. The number of rotatable bonds is 4. The van der Waals surface area contributed by atoms with Gasteiger partial charge in [-0.3, -0.25) is 4.79 Å². The van der Waals surface area contributed by atoms with Crippen LogP contribution in [-0.2, 0) is 10.0 Å². The molecule has 1 fully saturated rings. The Balaban J connectivity index is 1.63. The van der Waals surface area contributed by atoms with E-state index >= 15 is 0 Å². The molecule has 0 bridgehead atoms. The summed E-state index contributed by atoms with van der Waals surface area (Å²) in [6, 6.07) is 6.05. The van der Waals surface area contributed by atoms with E-state index in [0.717, 1.165) is 4.47 Å². The topological polar surface area (TPSA) is 95.5 Å². The molecule has 0 spiro atoms. The molecule has 156 valence electrons. The SMILES string of the molecule is CC(C)(C)NS(=O)(=O)c1ccc(C(=O)N2CCN(c3ncc(Br)cn3)CC2)cc1. The van der Waals surface area contributed by atoms with Crippen molar-refractivity contribution in [1.82, 2.24) is 19.6 Å². The highest BCUT2D eigenvalue weighted by Crippen LogP contribution is 2.17. The lowest BCUT2D eigenvalue weighted by Crippen LogP contribution is -2.49. The zero-order valence-electron chi connectivity index (χ0n) is 16.6. The van der Waals surface area contributed by atoms with E-state index in [-0.39, 0.29) is 10.8 Å². The van der Waals surface area contributed by atoms with Gasteiger partial charge in [0.25, 0.3) is 5.91 Å². The highest BCUT2D eigenvalue weighted by atomic mass is 79.9. The van der Waals surface area contributed by atoms with Crippen molar-refractivity contribution in [2.45, 2.75) is 31.2 Å². The summed E-state index contributed by atoms with van der Waals surface area (Å²) < 4.78 is 28.2. The number of benzene rings is 1. The van der Waals surface area contributed by atoms with Crippen LogP contribution in [0.5, 0.6) is 0 Å². The molecule has 0 atom stereocenters. The Morgan fingerprint density at radius 1 is 1.03 bits per heavy atom. The molecule has 8 nitrogen and oxygen atoms in total. The Bertz CT molecular complexity index is 964. The summed E-state index contributed by atoms with van der Waals surface area (Å²) in [5, 5.41) is 0. The molecule has 3 rings (SSSR count). The number of nitrogens with zero attached hydrogens (tertiary/aromatic N) is 4. The van der Waals surface area contributed by atoms with Crippen LogP contribution in [0.1, 0.15) is 31.1 Å². The van der Waals surface area contributed by atoms with Crippen LogP contribution in [0.2, 0.25) is 0 Å². The minimum Gasteiger partial charge on any atom is -0.337 e. The van der Waals surface area contributed by atoms with Crippen LogP contribution in [0.3, 0.4) is 0 Å². The van der Waals surface area contributed by atoms with Crippen LogP contribution in [0.4, 0.5) is 5.95 Å². The van der Waals surface area contributed by atoms with E-state index in [1.165, 1.54) is 12.1 Å². The summed E-state index contributed by atoms with van der Waals surface area (Å²) in [7, 11) is -3.63. The summed E-state index contributed by atoms with van der Waals surface area (Å²) in [4.78, 5) is 25.3. The van der Waals surface area contributed by atoms with Crippen LogP contribution < -0.4 is 9.62 Å². The maximum Gasteiger partial charge on any atom is 0.253 e. The number of nitrogens with one attached hydrogen (secondary N) is 1. The number of hydrogen-bond donors (Lipinski definition) is 1. The third-order valence-electron chi connectivity index (χ3n) is 4.31. The van der Waals surface area contributed by atoms with Crippen LogP contribution in [0.25, 0.3) is 0 Å². The first kappa shape index (κ1) is 21.7. The van der Waals surface area contributed by atoms with Gasteiger partial charge in [-0.05, 0) is 61.0 Å². The molecule has 0 saturated carbocycles. The first-order valence-electron chi connectivity index (χ1n) is 9.21. The number of anilines is 1. The van der Waals surface area contributed by atoms with Gasteiger partial charge in [-0.2, -0.15) is 0 Å². The van der Waals surface area contributed by atoms with E-state index in [1.807, 2.05) is 4.90 Å². The molecule has 1 aromatic carbocycles. The fourth-order valence-corrected chi connectivity index (χ4v) is 4.62. The molecule has 0 aliphatic carbocycles. The molecule has 1 N–H and O–H groups in total. The van der Waals surface area contributed by atoms with Gasteiger partial charge >= 0.3 is 0 Å². The maximum absolute atomic E-state index is 12.8. The Kier molecular flexibility index (Phi) is 6.25. The largest absolute Gasteiger partial charge is 0.337 e. The molecule has 2 aromatic rings. The number of sulfonamides is 1. The molecule has 1 aliphatic rings. The molecule has 2 heterocycles. The molecule has 1 aliphatic heterocycles. The smallest absolute Gasteiger partial charge is 0.253 e. The number of carbonyl (C=O) groups is 1. The van der Waals surface area contributed by atoms with Gasteiger partial charge in [0.2, 0.25) is 16.0 Å². The van der Waals surface area contributed by atoms with Gasteiger partial charge in [-0.1, -0.05) is 0 Å². The van der Waals surface area contributed by atoms with Gasteiger partial charge in [-0.15, -0.1) is 0 Å². The van der Waals surface area contributed by atoms with Crippen molar-refractivity contribution in [2.24, 2.45) is 0 Å². The summed E-state index contributed by atoms with van der Waals surface area (Å²) in [6.45, 7) is 7.70. The fraction of sp³-hybridized carbons (Fsp3) is 0.421. The van der Waals surface area contributed by atoms with Crippen LogP contribution in [0.15, 0.2) is 46.0 Å². The molecule has 1 saturated heterocycles. The first-order chi connectivity index (χ1) is 13.5. The van der Waals surface area contributed by atoms with Crippen molar-refractivity contribution in [3.8, 4) is 0 Å². The van der Waals surface area contributed by atoms with Crippen molar-refractivity contribution in [1.29, 1.82) is 0 Å². The van der Waals surface area contributed by atoms with Crippen molar-refractivity contribution in [3.05, 3.63) is 46.7 Å². The fourth-order valence-electron chi connectivity index (χ4n) is 3.00. The van der Waals surface area contributed by atoms with Gasteiger partial charge in [0, 0.05) is 49.7 Å². The van der Waals surface area contributed by atoms with E-state index in [9.17, 15) is 13.2 Å². The predicted octanol–water partition coefficient (Wildman–Crippen LogP) is 2.28. The van der Waals surface area contributed by atoms with Gasteiger partial charge in [0.1, 0.15) is 0 Å². The van der Waals surface area contributed by atoms with Crippen molar-refractivity contribution >= 4 is 37.8 Å². The number of amides is 1. The number of aromatic nitrogens is 2. The lowest BCUT2D eigenvalue weighted by atomic mass is 10.1. The zero-order chi connectivity index (χ0) is 21.2. The predicted molar refractivity (Wildman–Crippen MR) is 114 cm³/mol. The van der Waals surface area contributed by atoms with Crippen LogP contribution in [0, 0.1) is 0 Å². The molecule has 10 heteroatoms. The lowest BCUT2D eigenvalue weighted by molar-refractivity contribution is 0.0746. The highest BCUT2D eigenvalue weighted by Gasteiger charge is 2.25. The summed E-state index contributed by atoms with van der Waals surface area (Å²) in [5.74, 6) is 0.523. The van der Waals surface area contributed by atoms with Gasteiger partial charge < -0.3 is 9.80 Å². The molecule has 1 aromatic heterocycles. The molecular formula is C19H24BrN5O3S. The van der Waals surface area contributed by atoms with Crippen molar-refractivity contribution < 1.29 is 13.2 Å². The van der Waals surface area contributed by atoms with Crippen molar-refractivity contribution in [2.75, 3.05) is 31.1 Å². The van der Waals surface area contributed by atoms with Gasteiger partial charge in [-0.25, -0.2) is 23.1 Å². The number of carbonyl (C=O) groups excluding carboxylic acids is 1. The minimum absolute atomic E-state index is 0.117. The van der Waals surface area contributed by atoms with Gasteiger partial charge in [0.05, 0.1) is 9.37 Å². The summed E-state index contributed by atoms with van der Waals surface area (Å²) in [6.07, 6.45) is 3.40. The second-order valence-electron chi connectivity index (χ2n) is 7.86. The van der Waals surface area contributed by atoms with E-state index in [4.69, 9.17) is 0 Å².